The van der Waals surface area contributed by atoms with Crippen LogP contribution in [0.25, 0.3) is 0 Å². The van der Waals surface area contributed by atoms with E-state index in [1.807, 2.05) is 6.92 Å². The Kier molecular flexibility index (Phi) is 7.67. The van der Waals surface area contributed by atoms with Gasteiger partial charge in [-0.25, -0.2) is 12.7 Å². The molecular weight excluding hydrogens is 322 g/mol. The van der Waals surface area contributed by atoms with Crippen molar-refractivity contribution in [3.8, 4) is 0 Å². The summed E-state index contributed by atoms with van der Waals surface area (Å²) in [5.74, 6) is -0.228. The zero-order valence-electron chi connectivity index (χ0n) is 11.6. The molecule has 0 radical (unpaired) electrons. The van der Waals surface area contributed by atoms with Crippen LogP contribution in [0.2, 0.25) is 0 Å². The summed E-state index contributed by atoms with van der Waals surface area (Å²) in [6.07, 6.45) is 0. The SMILES string of the molecule is CC(CN)CNC(=O)c1sccc1S(=O)(=O)N(C)C.Cl. The van der Waals surface area contributed by atoms with Crippen molar-refractivity contribution >= 4 is 39.7 Å². The minimum absolute atomic E-state index is 0. The zero-order valence-corrected chi connectivity index (χ0v) is 14.1. The smallest absolute Gasteiger partial charge is 0.262 e. The summed E-state index contributed by atoms with van der Waals surface area (Å²) in [6.45, 7) is 2.80. The Morgan fingerprint density at radius 3 is 2.60 bits per heavy atom. The van der Waals surface area contributed by atoms with Gasteiger partial charge in [-0.1, -0.05) is 6.92 Å². The number of nitrogens with one attached hydrogen (secondary N) is 1. The summed E-state index contributed by atoms with van der Waals surface area (Å²) >= 11 is 1.11. The number of carbonyl (C=O) groups is 1. The van der Waals surface area contributed by atoms with Crippen molar-refractivity contribution in [1.29, 1.82) is 0 Å². The number of amides is 1. The fraction of sp³-hybridized carbons (Fsp3) is 0.545. The molecule has 0 aliphatic rings. The first-order valence-corrected chi connectivity index (χ1v) is 8.11. The highest BCUT2D eigenvalue weighted by molar-refractivity contribution is 7.89. The van der Waals surface area contributed by atoms with Crippen molar-refractivity contribution in [2.75, 3.05) is 27.2 Å². The van der Waals surface area contributed by atoms with Crippen molar-refractivity contribution in [2.45, 2.75) is 11.8 Å². The average molecular weight is 342 g/mol. The van der Waals surface area contributed by atoms with Gasteiger partial charge in [0.15, 0.2) is 0 Å². The van der Waals surface area contributed by atoms with Crippen molar-refractivity contribution in [1.82, 2.24) is 9.62 Å². The molecule has 1 heterocycles. The molecule has 0 bridgehead atoms. The van der Waals surface area contributed by atoms with Gasteiger partial charge in [0.25, 0.3) is 5.91 Å². The molecule has 0 aliphatic heterocycles. The van der Waals surface area contributed by atoms with Gasteiger partial charge in [0, 0.05) is 20.6 Å². The summed E-state index contributed by atoms with van der Waals surface area (Å²) in [4.78, 5) is 12.2. The number of hydrogen-bond donors (Lipinski definition) is 2. The van der Waals surface area contributed by atoms with Gasteiger partial charge in [0.2, 0.25) is 10.0 Å². The van der Waals surface area contributed by atoms with Crippen LogP contribution in [0.4, 0.5) is 0 Å². The van der Waals surface area contributed by atoms with Gasteiger partial charge in [-0.3, -0.25) is 4.79 Å². The van der Waals surface area contributed by atoms with Crippen molar-refractivity contribution < 1.29 is 13.2 Å². The molecule has 3 N–H and O–H groups in total. The van der Waals surface area contributed by atoms with Crippen LogP contribution < -0.4 is 11.1 Å². The van der Waals surface area contributed by atoms with E-state index in [1.54, 1.807) is 5.38 Å². The third-order valence-electron chi connectivity index (χ3n) is 2.61. The molecule has 0 saturated carbocycles. The minimum atomic E-state index is -3.60. The number of hydrogen-bond acceptors (Lipinski definition) is 5. The molecule has 116 valence electrons. The molecule has 0 spiro atoms. The maximum Gasteiger partial charge on any atom is 0.262 e. The molecule has 1 aromatic heterocycles. The van der Waals surface area contributed by atoms with E-state index in [9.17, 15) is 13.2 Å². The molecular formula is C11H20ClN3O3S2. The Morgan fingerprint density at radius 1 is 1.50 bits per heavy atom. The number of nitrogens with two attached hydrogens (primary N) is 1. The second-order valence-electron chi connectivity index (χ2n) is 4.45. The lowest BCUT2D eigenvalue weighted by molar-refractivity contribution is 0.0949. The van der Waals surface area contributed by atoms with Crippen molar-refractivity contribution in [3.05, 3.63) is 16.3 Å². The summed E-state index contributed by atoms with van der Waals surface area (Å²) in [7, 11) is -0.724. The Bertz CT molecular complexity index is 543. The Hall–Kier alpha value is -0.670. The van der Waals surface area contributed by atoms with E-state index < -0.39 is 10.0 Å². The predicted octanol–water partition coefficient (Wildman–Crippen LogP) is 0.745. The normalized spacial score (nSPS) is 12.8. The van der Waals surface area contributed by atoms with Crippen molar-refractivity contribution in [2.24, 2.45) is 11.7 Å². The maximum atomic E-state index is 12.0. The third kappa shape index (κ3) is 4.42. The maximum absolute atomic E-state index is 12.0. The first kappa shape index (κ1) is 19.3. The molecule has 6 nitrogen and oxygen atoms in total. The summed E-state index contributed by atoms with van der Waals surface area (Å²) in [6, 6.07) is 1.45. The second-order valence-corrected chi connectivity index (χ2v) is 7.49. The van der Waals surface area contributed by atoms with E-state index in [4.69, 9.17) is 5.73 Å². The number of nitrogens with zero attached hydrogens (tertiary/aromatic N) is 1. The Morgan fingerprint density at radius 2 is 2.10 bits per heavy atom. The molecule has 1 atom stereocenters. The van der Waals surface area contributed by atoms with Gasteiger partial charge in [0.05, 0.1) is 0 Å². The molecule has 1 amide bonds. The van der Waals surface area contributed by atoms with Crippen LogP contribution in [-0.4, -0.2) is 45.8 Å². The number of thiophene rings is 1. The molecule has 9 heteroatoms. The molecule has 1 aromatic rings. The monoisotopic (exact) mass is 341 g/mol. The molecule has 0 aromatic carbocycles. The quantitative estimate of drug-likeness (QED) is 0.798. The van der Waals surface area contributed by atoms with E-state index in [-0.39, 0.29) is 34.0 Å². The first-order valence-electron chi connectivity index (χ1n) is 5.79. The highest BCUT2D eigenvalue weighted by atomic mass is 35.5. The van der Waals surface area contributed by atoms with Crippen LogP contribution in [0.15, 0.2) is 16.3 Å². The largest absolute Gasteiger partial charge is 0.351 e. The lowest BCUT2D eigenvalue weighted by atomic mass is 10.2. The van der Waals surface area contributed by atoms with Gasteiger partial charge in [-0.05, 0) is 23.9 Å². The van der Waals surface area contributed by atoms with E-state index >= 15 is 0 Å². The van der Waals surface area contributed by atoms with Crippen LogP contribution >= 0.6 is 23.7 Å². The summed E-state index contributed by atoms with van der Waals surface area (Å²) in [5, 5.41) is 4.29. The third-order valence-corrected chi connectivity index (χ3v) is 5.51. The van der Waals surface area contributed by atoms with Gasteiger partial charge >= 0.3 is 0 Å². The lowest BCUT2D eigenvalue weighted by Crippen LogP contribution is -2.32. The van der Waals surface area contributed by atoms with E-state index in [2.05, 4.69) is 5.32 Å². The standard InChI is InChI=1S/C11H19N3O3S2.ClH/c1-8(6-12)7-13-11(15)10-9(4-5-18-10)19(16,17)14(2)3;/h4-5,8H,6-7,12H2,1-3H3,(H,13,15);1H. The number of carbonyl (C=O) groups excluding carboxylic acids is 1. The van der Waals surface area contributed by atoms with Crippen LogP contribution in [-0.2, 0) is 10.0 Å². The molecule has 0 saturated heterocycles. The molecule has 0 aliphatic carbocycles. The highest BCUT2D eigenvalue weighted by Crippen LogP contribution is 2.23. The van der Waals surface area contributed by atoms with Crippen LogP contribution in [0.3, 0.4) is 0 Å². The van der Waals surface area contributed by atoms with Crippen LogP contribution in [0.1, 0.15) is 16.6 Å². The lowest BCUT2D eigenvalue weighted by Gasteiger charge is -2.13. The highest BCUT2D eigenvalue weighted by Gasteiger charge is 2.25. The van der Waals surface area contributed by atoms with Crippen LogP contribution in [0.5, 0.6) is 0 Å². The Labute approximate surface area is 129 Å². The fourth-order valence-electron chi connectivity index (χ4n) is 1.29. The minimum Gasteiger partial charge on any atom is -0.351 e. The summed E-state index contributed by atoms with van der Waals surface area (Å²) < 4.78 is 25.2. The first-order chi connectivity index (χ1) is 8.80. The van der Waals surface area contributed by atoms with Gasteiger partial charge in [-0.15, -0.1) is 23.7 Å². The van der Waals surface area contributed by atoms with E-state index in [0.717, 1.165) is 15.6 Å². The second kappa shape index (κ2) is 7.94. The van der Waals surface area contributed by atoms with Gasteiger partial charge in [0.1, 0.15) is 9.77 Å². The fourth-order valence-corrected chi connectivity index (χ4v) is 3.50. The molecule has 1 unspecified atom stereocenters. The molecule has 1 rings (SSSR count). The zero-order chi connectivity index (χ0) is 14.6. The van der Waals surface area contributed by atoms with E-state index in [1.165, 1.54) is 20.2 Å². The van der Waals surface area contributed by atoms with E-state index in [0.29, 0.717) is 13.1 Å². The number of rotatable bonds is 6. The topological polar surface area (TPSA) is 92.5 Å². The predicted molar refractivity (Wildman–Crippen MR) is 83.0 cm³/mol. The number of halogens is 1. The van der Waals surface area contributed by atoms with Gasteiger partial charge in [-0.2, -0.15) is 0 Å². The number of sulfonamides is 1. The molecule has 0 fully saturated rings. The van der Waals surface area contributed by atoms with Crippen molar-refractivity contribution in [3.63, 3.8) is 0 Å². The Balaban J connectivity index is 0.00000361. The van der Waals surface area contributed by atoms with Gasteiger partial charge < -0.3 is 11.1 Å². The molecule has 20 heavy (non-hydrogen) atoms. The van der Waals surface area contributed by atoms with Crippen LogP contribution in [0, 0.1) is 5.92 Å². The average Bonchev–Trinajstić information content (AvgIpc) is 2.84. The summed E-state index contributed by atoms with van der Waals surface area (Å²) in [5.41, 5.74) is 5.46.